The Hall–Kier alpha value is -4.02. The summed E-state index contributed by atoms with van der Waals surface area (Å²) in [5.74, 6) is 0.764. The van der Waals surface area contributed by atoms with E-state index in [1.165, 1.54) is 11.6 Å². The molecule has 0 unspecified atom stereocenters. The smallest absolute Gasteiger partial charge is 0.335 e. The third kappa shape index (κ3) is 5.25. The van der Waals surface area contributed by atoms with Crippen LogP contribution in [-0.4, -0.2) is 29.4 Å². The van der Waals surface area contributed by atoms with Crippen molar-refractivity contribution in [3.05, 3.63) is 104 Å². The predicted molar refractivity (Wildman–Crippen MR) is 121 cm³/mol. The highest BCUT2D eigenvalue weighted by Gasteiger charge is 2.08. The number of aliphatic hydroxyl groups excluding tert-OH is 1. The minimum Gasteiger partial charge on any atom is -0.438 e. The lowest BCUT2D eigenvalue weighted by Crippen LogP contribution is -2.48. The SMILES string of the molecule is Cn1c(=O)[nH]/c(=N\c2ccc(Oc3ccc(CO)nn3)cc2)n(Cc2ccc(Cl)cc2)c1=O. The minimum absolute atomic E-state index is 0.108. The van der Waals surface area contributed by atoms with Crippen LogP contribution in [0.3, 0.4) is 0 Å². The maximum absolute atomic E-state index is 12.7. The van der Waals surface area contributed by atoms with E-state index in [4.69, 9.17) is 21.4 Å². The van der Waals surface area contributed by atoms with Crippen molar-refractivity contribution >= 4 is 17.3 Å². The average Bonchev–Trinajstić information content (AvgIpc) is 2.83. The number of aromatic nitrogens is 5. The summed E-state index contributed by atoms with van der Waals surface area (Å²) in [7, 11) is 1.39. The lowest BCUT2D eigenvalue weighted by molar-refractivity contribution is 0.274. The zero-order valence-corrected chi connectivity index (χ0v) is 18.2. The summed E-state index contributed by atoms with van der Waals surface area (Å²) in [6.07, 6.45) is 0. The molecule has 2 heterocycles. The van der Waals surface area contributed by atoms with Crippen LogP contribution in [0, 0.1) is 0 Å². The van der Waals surface area contributed by atoms with Gasteiger partial charge in [-0.2, -0.15) is 0 Å². The lowest BCUT2D eigenvalue weighted by atomic mass is 10.2. The number of ether oxygens (including phenoxy) is 1. The molecule has 168 valence electrons. The first-order chi connectivity index (χ1) is 15.9. The van der Waals surface area contributed by atoms with E-state index in [2.05, 4.69) is 20.2 Å². The fourth-order valence-corrected chi connectivity index (χ4v) is 3.05. The third-order valence-electron chi connectivity index (χ3n) is 4.70. The van der Waals surface area contributed by atoms with Crippen molar-refractivity contribution < 1.29 is 9.84 Å². The molecule has 0 atom stereocenters. The van der Waals surface area contributed by atoms with Crippen LogP contribution >= 0.6 is 11.6 Å². The fraction of sp³-hybridized carbons (Fsp3) is 0.136. The lowest BCUT2D eigenvalue weighted by Gasteiger charge is -2.09. The van der Waals surface area contributed by atoms with Crippen molar-refractivity contribution in [1.29, 1.82) is 0 Å². The number of nitrogens with zero attached hydrogens (tertiary/aromatic N) is 5. The van der Waals surface area contributed by atoms with Gasteiger partial charge in [-0.25, -0.2) is 19.1 Å². The number of nitrogens with one attached hydrogen (secondary N) is 1. The van der Waals surface area contributed by atoms with Crippen LogP contribution in [0.15, 0.2) is 75.2 Å². The summed E-state index contributed by atoms with van der Waals surface area (Å²) in [6, 6.07) is 16.9. The molecular weight excluding hydrogens is 448 g/mol. The Balaban J connectivity index is 1.65. The van der Waals surface area contributed by atoms with E-state index in [0.717, 1.165) is 10.1 Å². The molecule has 0 aliphatic carbocycles. The summed E-state index contributed by atoms with van der Waals surface area (Å²) in [4.78, 5) is 32.0. The molecule has 0 aliphatic heterocycles. The zero-order chi connectivity index (χ0) is 23.4. The number of aromatic amines is 1. The van der Waals surface area contributed by atoms with Gasteiger partial charge in [-0.05, 0) is 48.0 Å². The molecule has 4 aromatic rings. The second-order valence-corrected chi connectivity index (χ2v) is 7.47. The normalized spacial score (nSPS) is 11.5. The highest BCUT2D eigenvalue weighted by Crippen LogP contribution is 2.22. The Kier molecular flexibility index (Phi) is 6.48. The number of aliphatic hydroxyl groups is 1. The van der Waals surface area contributed by atoms with Gasteiger partial charge < -0.3 is 9.84 Å². The third-order valence-corrected chi connectivity index (χ3v) is 4.95. The Labute approximate surface area is 192 Å². The maximum atomic E-state index is 12.7. The van der Waals surface area contributed by atoms with Crippen LogP contribution in [0.5, 0.6) is 11.6 Å². The summed E-state index contributed by atoms with van der Waals surface area (Å²) >= 11 is 5.94. The highest BCUT2D eigenvalue weighted by atomic mass is 35.5. The Bertz CT molecular complexity index is 1440. The highest BCUT2D eigenvalue weighted by molar-refractivity contribution is 6.30. The Morgan fingerprint density at radius 2 is 1.76 bits per heavy atom. The van der Waals surface area contributed by atoms with Gasteiger partial charge in [0.1, 0.15) is 5.75 Å². The van der Waals surface area contributed by atoms with Crippen molar-refractivity contribution in [3.8, 4) is 11.6 Å². The summed E-state index contributed by atoms with van der Waals surface area (Å²) in [5.41, 5.74) is 0.789. The van der Waals surface area contributed by atoms with Crippen molar-refractivity contribution in [2.45, 2.75) is 13.2 Å². The van der Waals surface area contributed by atoms with E-state index in [1.54, 1.807) is 60.7 Å². The number of halogens is 1. The van der Waals surface area contributed by atoms with Crippen molar-refractivity contribution in [2.75, 3.05) is 0 Å². The van der Waals surface area contributed by atoms with E-state index in [1.807, 2.05) is 0 Å². The van der Waals surface area contributed by atoms with Gasteiger partial charge in [-0.1, -0.05) is 23.7 Å². The number of rotatable bonds is 6. The van der Waals surface area contributed by atoms with Crippen LogP contribution in [0.2, 0.25) is 5.02 Å². The van der Waals surface area contributed by atoms with Crippen molar-refractivity contribution in [3.63, 3.8) is 0 Å². The topological polar surface area (TPSA) is 127 Å². The van der Waals surface area contributed by atoms with Crippen LogP contribution < -0.4 is 21.7 Å². The molecule has 0 saturated heterocycles. The second-order valence-electron chi connectivity index (χ2n) is 7.04. The van der Waals surface area contributed by atoms with Gasteiger partial charge in [0.05, 0.1) is 24.5 Å². The molecule has 0 radical (unpaired) electrons. The molecule has 33 heavy (non-hydrogen) atoms. The molecule has 10 nitrogen and oxygen atoms in total. The van der Waals surface area contributed by atoms with Gasteiger partial charge in [0, 0.05) is 18.1 Å². The fourth-order valence-electron chi connectivity index (χ4n) is 2.93. The molecule has 2 aromatic carbocycles. The Morgan fingerprint density at radius 1 is 1.03 bits per heavy atom. The molecule has 0 fully saturated rings. The van der Waals surface area contributed by atoms with Crippen LogP contribution in [0.1, 0.15) is 11.3 Å². The number of hydrogen-bond donors (Lipinski definition) is 2. The monoisotopic (exact) mass is 466 g/mol. The molecule has 0 bridgehead atoms. The van der Waals surface area contributed by atoms with E-state index in [0.29, 0.717) is 22.2 Å². The van der Waals surface area contributed by atoms with E-state index in [-0.39, 0.29) is 24.6 Å². The molecule has 2 aromatic heterocycles. The summed E-state index contributed by atoms with van der Waals surface area (Å²) < 4.78 is 7.97. The zero-order valence-electron chi connectivity index (χ0n) is 17.5. The average molecular weight is 467 g/mol. The first-order valence-corrected chi connectivity index (χ1v) is 10.2. The maximum Gasteiger partial charge on any atom is 0.335 e. The van der Waals surface area contributed by atoms with Gasteiger partial charge in [0.25, 0.3) is 0 Å². The number of H-pyrrole nitrogens is 1. The summed E-state index contributed by atoms with van der Waals surface area (Å²) in [5, 5.41) is 17.3. The van der Waals surface area contributed by atoms with Crippen LogP contribution in [0.25, 0.3) is 0 Å². The molecule has 4 rings (SSSR count). The van der Waals surface area contributed by atoms with E-state index in [9.17, 15) is 9.59 Å². The van der Waals surface area contributed by atoms with Gasteiger partial charge >= 0.3 is 11.4 Å². The molecule has 0 spiro atoms. The molecule has 11 heteroatoms. The van der Waals surface area contributed by atoms with Gasteiger partial charge in [0.15, 0.2) is 0 Å². The minimum atomic E-state index is -0.573. The van der Waals surface area contributed by atoms with Gasteiger partial charge in [0.2, 0.25) is 11.5 Å². The molecule has 2 N–H and O–H groups in total. The Morgan fingerprint density at radius 3 is 2.39 bits per heavy atom. The molecule has 0 saturated carbocycles. The first kappa shape index (κ1) is 22.2. The molecule has 0 amide bonds. The van der Waals surface area contributed by atoms with Gasteiger partial charge in [-0.3, -0.25) is 9.55 Å². The second kappa shape index (κ2) is 9.63. The quantitative estimate of drug-likeness (QED) is 0.446. The van der Waals surface area contributed by atoms with Crippen LogP contribution in [0.4, 0.5) is 5.69 Å². The van der Waals surface area contributed by atoms with Crippen molar-refractivity contribution in [2.24, 2.45) is 12.0 Å². The van der Waals surface area contributed by atoms with Gasteiger partial charge in [-0.15, -0.1) is 10.2 Å². The predicted octanol–water partition coefficient (Wildman–Crippen LogP) is 1.88. The van der Waals surface area contributed by atoms with E-state index >= 15 is 0 Å². The number of hydrogen-bond acceptors (Lipinski definition) is 7. The summed E-state index contributed by atoms with van der Waals surface area (Å²) in [6.45, 7) is -0.00462. The number of benzene rings is 2. The molecule has 0 aliphatic rings. The largest absolute Gasteiger partial charge is 0.438 e. The van der Waals surface area contributed by atoms with Crippen molar-refractivity contribution in [1.82, 2.24) is 24.3 Å². The first-order valence-electron chi connectivity index (χ1n) is 9.83. The molecular formula is C22H19ClN6O4. The standard InChI is InChI=1S/C22H19ClN6O4/c1-28-21(31)25-20(29(22(28)32)12-14-2-4-15(23)5-3-14)24-16-6-9-18(10-7-16)33-19-11-8-17(13-30)26-27-19/h2-11,30H,12-13H2,1H3,(H,24,25,31). The van der Waals surface area contributed by atoms with Crippen LogP contribution in [-0.2, 0) is 20.2 Å². The van der Waals surface area contributed by atoms with E-state index < -0.39 is 11.4 Å².